The lowest BCUT2D eigenvalue weighted by molar-refractivity contribution is 0.312. The van der Waals surface area contributed by atoms with E-state index in [2.05, 4.69) is 41.1 Å². The molecular weight excluding hydrogens is 224 g/mol. The van der Waals surface area contributed by atoms with Gasteiger partial charge in [0, 0.05) is 18.3 Å². The Labute approximate surface area is 111 Å². The quantitative estimate of drug-likeness (QED) is 0.770. The lowest BCUT2D eigenvalue weighted by Gasteiger charge is -2.16. The fourth-order valence-corrected chi connectivity index (χ4v) is 1.79. The Morgan fingerprint density at radius 3 is 2.67 bits per heavy atom. The van der Waals surface area contributed by atoms with E-state index < -0.39 is 0 Å². The van der Waals surface area contributed by atoms with Crippen molar-refractivity contribution in [3.8, 4) is 0 Å². The van der Waals surface area contributed by atoms with Crippen LogP contribution >= 0.6 is 0 Å². The van der Waals surface area contributed by atoms with Gasteiger partial charge in [-0.05, 0) is 33.4 Å². The van der Waals surface area contributed by atoms with Gasteiger partial charge in [0.15, 0.2) is 0 Å². The average molecular weight is 250 g/mol. The van der Waals surface area contributed by atoms with Crippen LogP contribution in [-0.4, -0.2) is 35.0 Å². The minimum atomic E-state index is 0.822. The summed E-state index contributed by atoms with van der Waals surface area (Å²) in [4.78, 5) is 11.3. The van der Waals surface area contributed by atoms with E-state index in [0.29, 0.717) is 0 Å². The van der Waals surface area contributed by atoms with Crippen molar-refractivity contribution in [3.05, 3.63) is 17.6 Å². The number of aromatic nitrogens is 2. The number of aryl methyl sites for hydroxylation is 1. The maximum absolute atomic E-state index is 4.56. The molecular formula is C14H26N4. The van der Waals surface area contributed by atoms with E-state index in [4.69, 9.17) is 0 Å². The van der Waals surface area contributed by atoms with Crippen molar-refractivity contribution in [2.24, 2.45) is 0 Å². The van der Waals surface area contributed by atoms with E-state index >= 15 is 0 Å². The predicted octanol–water partition coefficient (Wildman–Crippen LogP) is 2.84. The summed E-state index contributed by atoms with van der Waals surface area (Å²) < 4.78 is 0. The van der Waals surface area contributed by atoms with Gasteiger partial charge in [-0.3, -0.25) is 4.90 Å². The van der Waals surface area contributed by atoms with Crippen molar-refractivity contribution in [1.82, 2.24) is 14.9 Å². The highest BCUT2D eigenvalue weighted by atomic mass is 15.1. The zero-order chi connectivity index (χ0) is 13.4. The molecule has 0 aliphatic rings. The molecule has 0 saturated carbocycles. The summed E-state index contributed by atoms with van der Waals surface area (Å²) in [6.45, 7) is 9.27. The second-order valence-corrected chi connectivity index (χ2v) is 4.83. The van der Waals surface area contributed by atoms with E-state index in [1.807, 2.05) is 13.0 Å². The number of nitrogens with one attached hydrogen (secondary N) is 1. The van der Waals surface area contributed by atoms with Crippen LogP contribution < -0.4 is 5.32 Å². The molecule has 1 aromatic rings. The van der Waals surface area contributed by atoms with Crippen LogP contribution in [0, 0.1) is 6.92 Å². The highest BCUT2D eigenvalue weighted by Crippen LogP contribution is 2.08. The predicted molar refractivity (Wildman–Crippen MR) is 76.8 cm³/mol. The molecule has 0 aliphatic heterocycles. The highest BCUT2D eigenvalue weighted by molar-refractivity contribution is 5.35. The summed E-state index contributed by atoms with van der Waals surface area (Å²) in [6.07, 6.45) is 3.56. The Balaban J connectivity index is 2.61. The minimum absolute atomic E-state index is 0.822. The van der Waals surface area contributed by atoms with Crippen LogP contribution in [0.15, 0.2) is 6.07 Å². The molecule has 1 rings (SSSR count). The van der Waals surface area contributed by atoms with E-state index in [9.17, 15) is 0 Å². The topological polar surface area (TPSA) is 41.1 Å². The molecule has 1 aromatic heterocycles. The second kappa shape index (κ2) is 8.03. The molecule has 0 atom stereocenters. The number of rotatable bonds is 8. The summed E-state index contributed by atoms with van der Waals surface area (Å²) in [5.41, 5.74) is 1.03. The first-order valence-corrected chi connectivity index (χ1v) is 6.92. The van der Waals surface area contributed by atoms with Gasteiger partial charge in [0.2, 0.25) is 0 Å². The van der Waals surface area contributed by atoms with Gasteiger partial charge < -0.3 is 5.32 Å². The van der Waals surface area contributed by atoms with Crippen LogP contribution in [0.1, 0.15) is 44.6 Å². The molecule has 0 unspecified atom stereocenters. The summed E-state index contributed by atoms with van der Waals surface area (Å²) in [5, 5.41) is 3.32. The molecule has 1 heterocycles. The fraction of sp³-hybridized carbons (Fsp3) is 0.714. The monoisotopic (exact) mass is 250 g/mol. The molecule has 0 bridgehead atoms. The zero-order valence-corrected chi connectivity index (χ0v) is 12.2. The van der Waals surface area contributed by atoms with Crippen LogP contribution in [0.2, 0.25) is 0 Å². The molecule has 0 saturated heterocycles. The zero-order valence-electron chi connectivity index (χ0n) is 12.2. The third kappa shape index (κ3) is 5.45. The third-order valence-corrected chi connectivity index (χ3v) is 2.76. The van der Waals surface area contributed by atoms with Crippen molar-refractivity contribution in [3.63, 3.8) is 0 Å². The molecule has 18 heavy (non-hydrogen) atoms. The number of hydrogen-bond donors (Lipinski definition) is 1. The Bertz CT molecular complexity index is 352. The Kier molecular flexibility index (Phi) is 6.65. The van der Waals surface area contributed by atoms with Crippen molar-refractivity contribution >= 4 is 5.82 Å². The highest BCUT2D eigenvalue weighted by Gasteiger charge is 2.05. The summed E-state index contributed by atoms with van der Waals surface area (Å²) in [5.74, 6) is 1.86. The average Bonchev–Trinajstić information content (AvgIpc) is 2.33. The van der Waals surface area contributed by atoms with Gasteiger partial charge in [-0.25, -0.2) is 9.97 Å². The Hall–Kier alpha value is -1.16. The van der Waals surface area contributed by atoms with Gasteiger partial charge in [-0.2, -0.15) is 0 Å². The second-order valence-electron chi connectivity index (χ2n) is 4.83. The van der Waals surface area contributed by atoms with Crippen molar-refractivity contribution in [2.45, 2.75) is 46.6 Å². The first-order valence-electron chi connectivity index (χ1n) is 6.92. The van der Waals surface area contributed by atoms with Gasteiger partial charge in [0.05, 0.1) is 6.54 Å². The largest absolute Gasteiger partial charge is 0.370 e. The molecule has 4 nitrogen and oxygen atoms in total. The molecule has 0 aliphatic carbocycles. The van der Waals surface area contributed by atoms with E-state index in [1.54, 1.807) is 0 Å². The SMILES string of the molecule is CCCCN(C)Cc1nc(C)cc(NCCC)n1. The molecule has 0 spiro atoms. The molecule has 0 radical (unpaired) electrons. The Morgan fingerprint density at radius 2 is 2.00 bits per heavy atom. The van der Waals surface area contributed by atoms with Crippen molar-refractivity contribution in [1.29, 1.82) is 0 Å². The summed E-state index contributed by atoms with van der Waals surface area (Å²) >= 11 is 0. The minimum Gasteiger partial charge on any atom is -0.370 e. The van der Waals surface area contributed by atoms with Crippen LogP contribution in [0.5, 0.6) is 0 Å². The standard InChI is InChI=1S/C14H26N4/c1-5-7-9-18(4)11-14-16-12(3)10-13(17-14)15-8-6-2/h10H,5-9,11H2,1-4H3,(H,15,16,17). The van der Waals surface area contributed by atoms with Gasteiger partial charge in [0.1, 0.15) is 11.6 Å². The van der Waals surface area contributed by atoms with Gasteiger partial charge in [-0.1, -0.05) is 20.3 Å². The molecule has 0 aromatic carbocycles. The van der Waals surface area contributed by atoms with Crippen LogP contribution in [0.3, 0.4) is 0 Å². The lowest BCUT2D eigenvalue weighted by Crippen LogP contribution is -2.21. The molecule has 0 amide bonds. The maximum atomic E-state index is 4.56. The summed E-state index contributed by atoms with van der Waals surface area (Å²) in [6, 6.07) is 2.01. The van der Waals surface area contributed by atoms with Crippen LogP contribution in [0.4, 0.5) is 5.82 Å². The van der Waals surface area contributed by atoms with Gasteiger partial charge in [-0.15, -0.1) is 0 Å². The normalized spacial score (nSPS) is 10.9. The fourth-order valence-electron chi connectivity index (χ4n) is 1.79. The first-order chi connectivity index (χ1) is 8.65. The molecule has 4 heteroatoms. The van der Waals surface area contributed by atoms with Gasteiger partial charge in [0.25, 0.3) is 0 Å². The van der Waals surface area contributed by atoms with Crippen molar-refractivity contribution < 1.29 is 0 Å². The van der Waals surface area contributed by atoms with Gasteiger partial charge >= 0.3 is 0 Å². The van der Waals surface area contributed by atoms with E-state index in [-0.39, 0.29) is 0 Å². The number of unbranched alkanes of at least 4 members (excludes halogenated alkanes) is 1. The molecule has 102 valence electrons. The molecule has 0 fully saturated rings. The number of nitrogens with zero attached hydrogens (tertiary/aromatic N) is 3. The first kappa shape index (κ1) is 14.9. The Morgan fingerprint density at radius 1 is 1.22 bits per heavy atom. The van der Waals surface area contributed by atoms with Crippen molar-refractivity contribution in [2.75, 3.05) is 25.5 Å². The maximum Gasteiger partial charge on any atom is 0.144 e. The number of hydrogen-bond acceptors (Lipinski definition) is 4. The van der Waals surface area contributed by atoms with Crippen LogP contribution in [0.25, 0.3) is 0 Å². The number of anilines is 1. The third-order valence-electron chi connectivity index (χ3n) is 2.76. The van der Waals surface area contributed by atoms with E-state index in [0.717, 1.165) is 43.4 Å². The molecule has 1 N–H and O–H groups in total. The van der Waals surface area contributed by atoms with E-state index in [1.165, 1.54) is 12.8 Å². The summed E-state index contributed by atoms with van der Waals surface area (Å²) in [7, 11) is 2.13. The smallest absolute Gasteiger partial charge is 0.144 e. The lowest BCUT2D eigenvalue weighted by atomic mass is 10.3. The van der Waals surface area contributed by atoms with Crippen LogP contribution in [-0.2, 0) is 6.54 Å².